The second-order valence-corrected chi connectivity index (χ2v) is 4.58. The third-order valence-electron chi connectivity index (χ3n) is 3.42. The number of hydrogen-bond donors (Lipinski definition) is 1. The van der Waals surface area contributed by atoms with Crippen molar-refractivity contribution in [2.45, 2.75) is 18.9 Å². The molecule has 0 radical (unpaired) electrons. The molecule has 0 unspecified atom stereocenters. The molecule has 1 heterocycles. The number of piperazine rings is 1. The largest absolute Gasteiger partial charge is 0.314 e. The van der Waals surface area contributed by atoms with Crippen molar-refractivity contribution in [1.29, 1.82) is 0 Å². The van der Waals surface area contributed by atoms with Gasteiger partial charge in [0.25, 0.3) is 0 Å². The molecule has 1 aromatic carbocycles. The van der Waals surface area contributed by atoms with Gasteiger partial charge in [-0.2, -0.15) is 0 Å². The summed E-state index contributed by atoms with van der Waals surface area (Å²) in [6, 6.07) is 11.4. The Morgan fingerprint density at radius 1 is 1.24 bits per heavy atom. The van der Waals surface area contributed by atoms with Crippen LogP contribution < -0.4 is 5.32 Å². The number of nitrogens with zero attached hydrogens (tertiary/aromatic N) is 1. The molecule has 1 aliphatic heterocycles. The van der Waals surface area contributed by atoms with E-state index in [0.717, 1.165) is 32.6 Å². The van der Waals surface area contributed by atoms with E-state index < -0.39 is 0 Å². The minimum Gasteiger partial charge on any atom is -0.314 e. The molecule has 2 nitrogen and oxygen atoms in total. The van der Waals surface area contributed by atoms with Crippen molar-refractivity contribution in [1.82, 2.24) is 10.2 Å². The van der Waals surface area contributed by atoms with Crippen LogP contribution in [-0.4, -0.2) is 31.1 Å². The molecule has 92 valence electrons. The SMILES string of the molecule is C=CCC[C@H](c1ccccc1)N1CCNCC1. The van der Waals surface area contributed by atoms with E-state index in [1.165, 1.54) is 12.0 Å². The predicted octanol–water partition coefficient (Wildman–Crippen LogP) is 2.60. The van der Waals surface area contributed by atoms with Crippen LogP contribution in [0, 0.1) is 0 Å². The summed E-state index contributed by atoms with van der Waals surface area (Å²) in [6.45, 7) is 8.36. The molecular formula is C15H22N2. The summed E-state index contributed by atoms with van der Waals surface area (Å²) in [5.74, 6) is 0. The van der Waals surface area contributed by atoms with E-state index in [2.05, 4.69) is 47.1 Å². The van der Waals surface area contributed by atoms with Crippen molar-refractivity contribution in [3.8, 4) is 0 Å². The van der Waals surface area contributed by atoms with Gasteiger partial charge in [0.1, 0.15) is 0 Å². The second kappa shape index (κ2) is 6.58. The molecule has 0 bridgehead atoms. The van der Waals surface area contributed by atoms with Gasteiger partial charge in [-0.05, 0) is 18.4 Å². The van der Waals surface area contributed by atoms with Crippen LogP contribution in [0.15, 0.2) is 43.0 Å². The first kappa shape index (κ1) is 12.3. The van der Waals surface area contributed by atoms with Gasteiger partial charge in [0, 0.05) is 32.2 Å². The summed E-state index contributed by atoms with van der Waals surface area (Å²) >= 11 is 0. The first-order chi connectivity index (χ1) is 8.42. The second-order valence-electron chi connectivity index (χ2n) is 4.58. The Kier molecular flexibility index (Phi) is 4.77. The Bertz CT molecular complexity index is 328. The predicted molar refractivity (Wildman–Crippen MR) is 73.1 cm³/mol. The standard InChI is InChI=1S/C15H22N2/c1-2-3-9-15(14-7-5-4-6-8-14)17-12-10-16-11-13-17/h2,4-8,15-16H,1,3,9-13H2/t15-/m1/s1. The highest BCUT2D eigenvalue weighted by Gasteiger charge is 2.20. The van der Waals surface area contributed by atoms with E-state index in [1.54, 1.807) is 0 Å². The molecule has 2 heteroatoms. The summed E-state index contributed by atoms with van der Waals surface area (Å²) in [6.07, 6.45) is 4.29. The van der Waals surface area contributed by atoms with Gasteiger partial charge in [-0.3, -0.25) is 4.90 Å². The Hall–Kier alpha value is -1.12. The fraction of sp³-hybridized carbons (Fsp3) is 0.467. The van der Waals surface area contributed by atoms with E-state index in [9.17, 15) is 0 Å². The van der Waals surface area contributed by atoms with Gasteiger partial charge in [0.15, 0.2) is 0 Å². The minimum atomic E-state index is 0.552. The van der Waals surface area contributed by atoms with Gasteiger partial charge in [-0.15, -0.1) is 6.58 Å². The average molecular weight is 230 g/mol. The number of allylic oxidation sites excluding steroid dienone is 1. The van der Waals surface area contributed by atoms with Gasteiger partial charge in [0.05, 0.1) is 0 Å². The third-order valence-corrected chi connectivity index (χ3v) is 3.42. The highest BCUT2D eigenvalue weighted by molar-refractivity contribution is 5.19. The maximum atomic E-state index is 3.84. The van der Waals surface area contributed by atoms with Crippen LogP contribution in [0.1, 0.15) is 24.4 Å². The molecule has 1 fully saturated rings. The van der Waals surface area contributed by atoms with Crippen LogP contribution in [0.2, 0.25) is 0 Å². The molecule has 1 N–H and O–H groups in total. The summed E-state index contributed by atoms with van der Waals surface area (Å²) < 4.78 is 0. The zero-order chi connectivity index (χ0) is 11.9. The molecule has 0 saturated carbocycles. The van der Waals surface area contributed by atoms with E-state index in [-0.39, 0.29) is 0 Å². The molecule has 0 amide bonds. The Balaban J connectivity index is 2.09. The molecule has 0 aliphatic carbocycles. The lowest BCUT2D eigenvalue weighted by atomic mass is 9.99. The van der Waals surface area contributed by atoms with E-state index in [0.29, 0.717) is 6.04 Å². The molecular weight excluding hydrogens is 208 g/mol. The molecule has 1 aromatic rings. The van der Waals surface area contributed by atoms with Crippen molar-refractivity contribution < 1.29 is 0 Å². The van der Waals surface area contributed by atoms with E-state index >= 15 is 0 Å². The van der Waals surface area contributed by atoms with Crippen molar-refractivity contribution in [3.05, 3.63) is 48.6 Å². The summed E-state index contributed by atoms with van der Waals surface area (Å²) in [5.41, 5.74) is 1.44. The monoisotopic (exact) mass is 230 g/mol. The van der Waals surface area contributed by atoms with Crippen LogP contribution in [-0.2, 0) is 0 Å². The molecule has 0 aromatic heterocycles. The zero-order valence-corrected chi connectivity index (χ0v) is 10.4. The summed E-state index contributed by atoms with van der Waals surface area (Å²) in [5, 5.41) is 3.42. The van der Waals surface area contributed by atoms with E-state index in [4.69, 9.17) is 0 Å². The molecule has 1 saturated heterocycles. The van der Waals surface area contributed by atoms with Gasteiger partial charge < -0.3 is 5.32 Å². The lowest BCUT2D eigenvalue weighted by Crippen LogP contribution is -2.45. The third kappa shape index (κ3) is 3.42. The number of benzene rings is 1. The normalized spacial score (nSPS) is 18.8. The smallest absolute Gasteiger partial charge is 0.0352 e. The highest BCUT2D eigenvalue weighted by atomic mass is 15.2. The maximum absolute atomic E-state index is 3.84. The Morgan fingerprint density at radius 3 is 2.59 bits per heavy atom. The fourth-order valence-electron chi connectivity index (χ4n) is 2.50. The van der Waals surface area contributed by atoms with Gasteiger partial charge in [-0.1, -0.05) is 36.4 Å². The summed E-state index contributed by atoms with van der Waals surface area (Å²) in [7, 11) is 0. The van der Waals surface area contributed by atoms with E-state index in [1.807, 2.05) is 6.08 Å². The quantitative estimate of drug-likeness (QED) is 0.782. The van der Waals surface area contributed by atoms with Crippen LogP contribution >= 0.6 is 0 Å². The van der Waals surface area contributed by atoms with Gasteiger partial charge in [-0.25, -0.2) is 0 Å². The molecule has 0 spiro atoms. The average Bonchev–Trinajstić information content (AvgIpc) is 2.42. The fourth-order valence-corrected chi connectivity index (χ4v) is 2.50. The topological polar surface area (TPSA) is 15.3 Å². The maximum Gasteiger partial charge on any atom is 0.0352 e. The number of nitrogens with one attached hydrogen (secondary N) is 1. The van der Waals surface area contributed by atoms with Gasteiger partial charge >= 0.3 is 0 Å². The highest BCUT2D eigenvalue weighted by Crippen LogP contribution is 2.25. The first-order valence-electron chi connectivity index (χ1n) is 6.52. The van der Waals surface area contributed by atoms with Crippen LogP contribution in [0.25, 0.3) is 0 Å². The van der Waals surface area contributed by atoms with Crippen molar-refractivity contribution >= 4 is 0 Å². The van der Waals surface area contributed by atoms with Crippen LogP contribution in [0.3, 0.4) is 0 Å². The Morgan fingerprint density at radius 2 is 1.94 bits per heavy atom. The number of rotatable bonds is 5. The number of hydrogen-bond acceptors (Lipinski definition) is 2. The molecule has 17 heavy (non-hydrogen) atoms. The first-order valence-corrected chi connectivity index (χ1v) is 6.52. The lowest BCUT2D eigenvalue weighted by Gasteiger charge is -2.35. The van der Waals surface area contributed by atoms with Gasteiger partial charge in [0.2, 0.25) is 0 Å². The van der Waals surface area contributed by atoms with Crippen molar-refractivity contribution in [2.24, 2.45) is 0 Å². The molecule has 1 aliphatic rings. The molecule has 2 rings (SSSR count). The summed E-state index contributed by atoms with van der Waals surface area (Å²) in [4.78, 5) is 2.59. The van der Waals surface area contributed by atoms with Crippen LogP contribution in [0.4, 0.5) is 0 Å². The van der Waals surface area contributed by atoms with Crippen molar-refractivity contribution in [2.75, 3.05) is 26.2 Å². The van der Waals surface area contributed by atoms with Crippen molar-refractivity contribution in [3.63, 3.8) is 0 Å². The zero-order valence-electron chi connectivity index (χ0n) is 10.4. The minimum absolute atomic E-state index is 0.552. The molecule has 1 atom stereocenters. The lowest BCUT2D eigenvalue weighted by molar-refractivity contribution is 0.166. The Labute approximate surface area is 104 Å². The van der Waals surface area contributed by atoms with Crippen LogP contribution in [0.5, 0.6) is 0 Å².